The molecule has 1 rings (SSSR count). The molecule has 1 heterocycles. The van der Waals surface area contributed by atoms with E-state index in [-0.39, 0.29) is 11.4 Å². The molecule has 0 saturated carbocycles. The summed E-state index contributed by atoms with van der Waals surface area (Å²) in [6.45, 7) is 12.7. The summed E-state index contributed by atoms with van der Waals surface area (Å²) in [5.41, 5.74) is -0.139. The zero-order valence-electron chi connectivity index (χ0n) is 11.1. The standard InChI is InChI=1S/C12H25N3O/c1-9-7-15(10(2)6-13-9)8-11(16)14-12(3,4)5/h9-10,13H,6-8H2,1-5H3,(H,14,16). The number of hydrogen-bond acceptors (Lipinski definition) is 3. The van der Waals surface area contributed by atoms with Gasteiger partial charge in [0, 0.05) is 30.7 Å². The molecule has 4 nitrogen and oxygen atoms in total. The van der Waals surface area contributed by atoms with Crippen molar-refractivity contribution in [3.8, 4) is 0 Å². The monoisotopic (exact) mass is 227 g/mol. The van der Waals surface area contributed by atoms with Crippen molar-refractivity contribution >= 4 is 5.91 Å². The second-order valence-electron chi connectivity index (χ2n) is 5.89. The number of amides is 1. The van der Waals surface area contributed by atoms with Gasteiger partial charge in [0.1, 0.15) is 0 Å². The van der Waals surface area contributed by atoms with Crippen LogP contribution in [0, 0.1) is 0 Å². The molecule has 0 aromatic carbocycles. The van der Waals surface area contributed by atoms with Crippen LogP contribution in [0.15, 0.2) is 0 Å². The summed E-state index contributed by atoms with van der Waals surface area (Å²) in [5, 5.41) is 6.41. The van der Waals surface area contributed by atoms with Gasteiger partial charge in [-0.3, -0.25) is 9.69 Å². The number of nitrogens with zero attached hydrogens (tertiary/aromatic N) is 1. The van der Waals surface area contributed by atoms with E-state index in [0.717, 1.165) is 13.1 Å². The van der Waals surface area contributed by atoms with Crippen LogP contribution >= 0.6 is 0 Å². The lowest BCUT2D eigenvalue weighted by Gasteiger charge is -2.37. The van der Waals surface area contributed by atoms with E-state index in [0.29, 0.717) is 18.6 Å². The zero-order valence-corrected chi connectivity index (χ0v) is 11.1. The number of rotatable bonds is 2. The maximum absolute atomic E-state index is 11.8. The summed E-state index contributed by atoms with van der Waals surface area (Å²) >= 11 is 0. The molecule has 4 heteroatoms. The SMILES string of the molecule is CC1CN(CC(=O)NC(C)(C)C)C(C)CN1. The summed E-state index contributed by atoms with van der Waals surface area (Å²) in [5.74, 6) is 0.119. The molecule has 1 amide bonds. The van der Waals surface area contributed by atoms with Crippen LogP contribution in [0.5, 0.6) is 0 Å². The maximum atomic E-state index is 11.8. The Balaban J connectivity index is 2.43. The van der Waals surface area contributed by atoms with Crippen molar-refractivity contribution in [3.05, 3.63) is 0 Å². The average molecular weight is 227 g/mol. The van der Waals surface area contributed by atoms with E-state index >= 15 is 0 Å². The minimum absolute atomic E-state index is 0.119. The van der Waals surface area contributed by atoms with Gasteiger partial charge in [0.25, 0.3) is 0 Å². The van der Waals surface area contributed by atoms with Gasteiger partial charge in [0.05, 0.1) is 6.54 Å². The van der Waals surface area contributed by atoms with E-state index in [9.17, 15) is 4.79 Å². The van der Waals surface area contributed by atoms with Crippen LogP contribution in [-0.2, 0) is 4.79 Å². The number of carbonyl (C=O) groups excluding carboxylic acids is 1. The van der Waals surface area contributed by atoms with Gasteiger partial charge >= 0.3 is 0 Å². The minimum atomic E-state index is -0.139. The number of piperazine rings is 1. The van der Waals surface area contributed by atoms with Crippen molar-refractivity contribution in [1.29, 1.82) is 0 Å². The molecule has 0 aromatic heterocycles. The van der Waals surface area contributed by atoms with Crippen LogP contribution in [0.1, 0.15) is 34.6 Å². The van der Waals surface area contributed by atoms with Crippen molar-refractivity contribution in [2.75, 3.05) is 19.6 Å². The zero-order chi connectivity index (χ0) is 12.3. The first-order chi connectivity index (χ1) is 7.28. The molecular formula is C12H25N3O. The third-order valence-corrected chi connectivity index (χ3v) is 2.75. The Hall–Kier alpha value is -0.610. The second-order valence-corrected chi connectivity index (χ2v) is 5.89. The number of carbonyl (C=O) groups is 1. The lowest BCUT2D eigenvalue weighted by atomic mass is 10.1. The topological polar surface area (TPSA) is 44.4 Å². The fourth-order valence-corrected chi connectivity index (χ4v) is 1.96. The molecule has 0 radical (unpaired) electrons. The molecular weight excluding hydrogens is 202 g/mol. The first-order valence-electron chi connectivity index (χ1n) is 6.06. The van der Waals surface area contributed by atoms with Crippen LogP contribution in [0.25, 0.3) is 0 Å². The van der Waals surface area contributed by atoms with Gasteiger partial charge in [-0.05, 0) is 34.6 Å². The molecule has 94 valence electrons. The minimum Gasteiger partial charge on any atom is -0.350 e. The van der Waals surface area contributed by atoms with Crippen molar-refractivity contribution < 1.29 is 4.79 Å². The van der Waals surface area contributed by atoms with Gasteiger partial charge in [-0.15, -0.1) is 0 Å². The van der Waals surface area contributed by atoms with Gasteiger partial charge in [0.2, 0.25) is 5.91 Å². The van der Waals surface area contributed by atoms with Crippen LogP contribution in [-0.4, -0.2) is 48.1 Å². The predicted molar refractivity (Wildman–Crippen MR) is 66.4 cm³/mol. The van der Waals surface area contributed by atoms with Gasteiger partial charge in [-0.25, -0.2) is 0 Å². The molecule has 2 N–H and O–H groups in total. The fourth-order valence-electron chi connectivity index (χ4n) is 1.96. The second kappa shape index (κ2) is 5.15. The third kappa shape index (κ3) is 4.49. The first-order valence-corrected chi connectivity index (χ1v) is 6.06. The number of hydrogen-bond donors (Lipinski definition) is 2. The molecule has 0 spiro atoms. The van der Waals surface area contributed by atoms with E-state index in [1.807, 2.05) is 20.8 Å². The van der Waals surface area contributed by atoms with Crippen molar-refractivity contribution in [2.45, 2.75) is 52.2 Å². The van der Waals surface area contributed by atoms with Gasteiger partial charge in [-0.1, -0.05) is 0 Å². The van der Waals surface area contributed by atoms with Gasteiger partial charge in [0.15, 0.2) is 0 Å². The van der Waals surface area contributed by atoms with Crippen molar-refractivity contribution in [1.82, 2.24) is 15.5 Å². The summed E-state index contributed by atoms with van der Waals surface area (Å²) < 4.78 is 0. The average Bonchev–Trinajstić information content (AvgIpc) is 2.08. The highest BCUT2D eigenvalue weighted by Gasteiger charge is 2.25. The Morgan fingerprint density at radius 1 is 1.44 bits per heavy atom. The summed E-state index contributed by atoms with van der Waals surface area (Å²) in [7, 11) is 0. The van der Waals surface area contributed by atoms with Crippen LogP contribution in [0.2, 0.25) is 0 Å². The molecule has 1 saturated heterocycles. The van der Waals surface area contributed by atoms with Crippen molar-refractivity contribution in [3.63, 3.8) is 0 Å². The van der Waals surface area contributed by atoms with E-state index in [4.69, 9.17) is 0 Å². The summed E-state index contributed by atoms with van der Waals surface area (Å²) in [6.07, 6.45) is 0. The Labute approximate surface area is 98.8 Å². The molecule has 2 unspecified atom stereocenters. The van der Waals surface area contributed by atoms with Crippen LogP contribution in [0.4, 0.5) is 0 Å². The van der Waals surface area contributed by atoms with Crippen molar-refractivity contribution in [2.24, 2.45) is 0 Å². The Morgan fingerprint density at radius 2 is 2.06 bits per heavy atom. The molecule has 0 bridgehead atoms. The summed E-state index contributed by atoms with van der Waals surface area (Å²) in [6, 6.07) is 0.903. The fraction of sp³-hybridized carbons (Fsp3) is 0.917. The molecule has 1 aliphatic heterocycles. The first kappa shape index (κ1) is 13.5. The van der Waals surface area contributed by atoms with E-state index in [2.05, 4.69) is 29.4 Å². The van der Waals surface area contributed by atoms with E-state index in [1.54, 1.807) is 0 Å². The highest BCUT2D eigenvalue weighted by atomic mass is 16.2. The highest BCUT2D eigenvalue weighted by molar-refractivity contribution is 5.78. The Kier molecular flexibility index (Phi) is 4.33. The lowest BCUT2D eigenvalue weighted by Crippen LogP contribution is -2.57. The predicted octanol–water partition coefficient (Wildman–Crippen LogP) is 0.583. The molecule has 1 aliphatic rings. The normalized spacial score (nSPS) is 27.8. The van der Waals surface area contributed by atoms with E-state index < -0.39 is 0 Å². The quantitative estimate of drug-likeness (QED) is 0.725. The Morgan fingerprint density at radius 3 is 2.62 bits per heavy atom. The van der Waals surface area contributed by atoms with E-state index in [1.165, 1.54) is 0 Å². The Bertz CT molecular complexity index is 247. The lowest BCUT2D eigenvalue weighted by molar-refractivity contribution is -0.124. The molecule has 2 atom stereocenters. The molecule has 16 heavy (non-hydrogen) atoms. The summed E-state index contributed by atoms with van der Waals surface area (Å²) in [4.78, 5) is 14.0. The largest absolute Gasteiger partial charge is 0.350 e. The molecule has 1 fully saturated rings. The maximum Gasteiger partial charge on any atom is 0.234 e. The molecule has 0 aliphatic carbocycles. The van der Waals surface area contributed by atoms with Crippen LogP contribution in [0.3, 0.4) is 0 Å². The third-order valence-electron chi connectivity index (χ3n) is 2.75. The number of nitrogens with one attached hydrogen (secondary N) is 2. The van der Waals surface area contributed by atoms with Crippen LogP contribution < -0.4 is 10.6 Å². The van der Waals surface area contributed by atoms with Gasteiger partial charge < -0.3 is 10.6 Å². The highest BCUT2D eigenvalue weighted by Crippen LogP contribution is 2.06. The molecule has 0 aromatic rings. The smallest absolute Gasteiger partial charge is 0.234 e. The van der Waals surface area contributed by atoms with Gasteiger partial charge in [-0.2, -0.15) is 0 Å².